The molecule has 0 fully saturated rings. The lowest BCUT2D eigenvalue weighted by Crippen LogP contribution is -2.43. The van der Waals surface area contributed by atoms with Crippen LogP contribution in [-0.2, 0) is 23.1 Å². The number of aryl methyl sites for hydroxylation is 1. The van der Waals surface area contributed by atoms with Gasteiger partial charge in [-0.05, 0) is 84.8 Å². The summed E-state index contributed by atoms with van der Waals surface area (Å²) < 4.78 is 2.00. The number of nitrogens with two attached hydrogens (primary N) is 1. The van der Waals surface area contributed by atoms with Crippen LogP contribution in [0, 0.1) is 0 Å². The normalized spacial score (nSPS) is 12.4. The number of nitrogens with zero attached hydrogens (tertiary/aromatic N) is 3. The first-order chi connectivity index (χ1) is 17.7. The van der Waals surface area contributed by atoms with Crippen molar-refractivity contribution in [3.8, 4) is 22.7 Å². The van der Waals surface area contributed by atoms with Crippen LogP contribution >= 0.6 is 0 Å². The first-order valence-electron chi connectivity index (χ1n) is 12.6. The Morgan fingerprint density at radius 2 is 1.70 bits per heavy atom. The lowest BCUT2D eigenvalue weighted by atomic mass is 9.87. The summed E-state index contributed by atoms with van der Waals surface area (Å²) in [7, 11) is 0. The molecular formula is C30H35N5O2. The van der Waals surface area contributed by atoms with E-state index in [2.05, 4.69) is 61.4 Å². The lowest BCUT2D eigenvalue weighted by Gasteiger charge is -2.19. The third kappa shape index (κ3) is 6.83. The number of carbonyl (C=O) groups is 1. The fourth-order valence-electron chi connectivity index (χ4n) is 4.27. The average molecular weight is 498 g/mol. The van der Waals surface area contributed by atoms with E-state index in [-0.39, 0.29) is 11.2 Å². The molecule has 0 aliphatic carbocycles. The average Bonchev–Trinajstić information content (AvgIpc) is 3.31. The Bertz CT molecular complexity index is 1310. The number of nitrogens with one attached hydrogen (secondary N) is 1. The Kier molecular flexibility index (Phi) is 8.04. The predicted molar refractivity (Wildman–Crippen MR) is 147 cm³/mol. The van der Waals surface area contributed by atoms with Crippen molar-refractivity contribution in [2.24, 2.45) is 5.73 Å². The van der Waals surface area contributed by atoms with Crippen molar-refractivity contribution in [2.45, 2.75) is 51.5 Å². The molecule has 2 heterocycles. The number of hydrogen-bond donors (Lipinski definition) is 3. The van der Waals surface area contributed by atoms with Crippen molar-refractivity contribution in [2.75, 3.05) is 6.54 Å². The van der Waals surface area contributed by atoms with Crippen molar-refractivity contribution >= 4 is 5.91 Å². The summed E-state index contributed by atoms with van der Waals surface area (Å²) in [5.41, 5.74) is 12.0. The zero-order valence-corrected chi connectivity index (χ0v) is 21.7. The summed E-state index contributed by atoms with van der Waals surface area (Å²) in [6.07, 6.45) is 5.60. The maximum atomic E-state index is 12.0. The van der Waals surface area contributed by atoms with Gasteiger partial charge in [-0.15, -0.1) is 0 Å². The fourth-order valence-corrected chi connectivity index (χ4v) is 4.27. The van der Waals surface area contributed by atoms with Gasteiger partial charge in [-0.3, -0.25) is 9.78 Å². The molecule has 0 unspecified atom stereocenters. The van der Waals surface area contributed by atoms with Gasteiger partial charge in [0.1, 0.15) is 5.75 Å². The van der Waals surface area contributed by atoms with Crippen LogP contribution in [0.1, 0.15) is 44.0 Å². The zero-order valence-electron chi connectivity index (χ0n) is 21.7. The van der Waals surface area contributed by atoms with E-state index in [9.17, 15) is 9.90 Å². The minimum Gasteiger partial charge on any atom is -0.508 e. The van der Waals surface area contributed by atoms with Crippen LogP contribution in [0.25, 0.3) is 16.9 Å². The largest absolute Gasteiger partial charge is 0.508 e. The number of carbonyl (C=O) groups excluding carboxylic acids is 1. The van der Waals surface area contributed by atoms with Crippen LogP contribution in [0.4, 0.5) is 0 Å². The molecule has 0 radical (unpaired) electrons. The van der Waals surface area contributed by atoms with Crippen LogP contribution in [-0.4, -0.2) is 38.4 Å². The molecule has 0 aliphatic heterocycles. The summed E-state index contributed by atoms with van der Waals surface area (Å²) in [6.45, 7) is 7.25. The molecule has 4 N–H and O–H groups in total. The number of pyridine rings is 1. The smallest absolute Gasteiger partial charge is 0.234 e. The van der Waals surface area contributed by atoms with Gasteiger partial charge in [0.2, 0.25) is 5.91 Å². The van der Waals surface area contributed by atoms with Crippen molar-refractivity contribution in [3.05, 3.63) is 95.9 Å². The molecule has 4 rings (SSSR count). The van der Waals surface area contributed by atoms with E-state index in [0.29, 0.717) is 13.0 Å². The van der Waals surface area contributed by atoms with E-state index < -0.39 is 11.9 Å². The molecule has 1 amide bonds. The number of phenolic OH excluding ortho intramolecular Hbond substituents is 1. The first-order valence-corrected chi connectivity index (χ1v) is 12.6. The second kappa shape index (κ2) is 11.4. The molecule has 2 aromatic heterocycles. The summed E-state index contributed by atoms with van der Waals surface area (Å²) in [6, 6.07) is 21.0. The van der Waals surface area contributed by atoms with Crippen LogP contribution in [0.3, 0.4) is 0 Å². The maximum absolute atomic E-state index is 12.0. The van der Waals surface area contributed by atoms with Crippen LogP contribution in [0.15, 0.2) is 79.1 Å². The van der Waals surface area contributed by atoms with Gasteiger partial charge in [-0.1, -0.05) is 45.0 Å². The maximum Gasteiger partial charge on any atom is 0.234 e. The molecule has 7 nitrogen and oxygen atoms in total. The Hall–Kier alpha value is -3.97. The van der Waals surface area contributed by atoms with E-state index in [4.69, 9.17) is 10.8 Å². The van der Waals surface area contributed by atoms with Crippen LogP contribution < -0.4 is 11.1 Å². The highest BCUT2D eigenvalue weighted by Gasteiger charge is 2.17. The van der Waals surface area contributed by atoms with E-state index in [0.717, 1.165) is 41.0 Å². The first kappa shape index (κ1) is 26.1. The Morgan fingerprint density at radius 1 is 1.03 bits per heavy atom. The van der Waals surface area contributed by atoms with Gasteiger partial charge < -0.3 is 16.2 Å². The Labute approximate surface area is 218 Å². The van der Waals surface area contributed by atoms with Gasteiger partial charge in [0.25, 0.3) is 0 Å². The molecule has 37 heavy (non-hydrogen) atoms. The van der Waals surface area contributed by atoms with E-state index >= 15 is 0 Å². The number of primary amides is 1. The van der Waals surface area contributed by atoms with Crippen molar-refractivity contribution in [1.82, 2.24) is 20.1 Å². The number of phenols is 1. The Balaban J connectivity index is 1.48. The topological polar surface area (TPSA) is 106 Å². The summed E-state index contributed by atoms with van der Waals surface area (Å²) in [5, 5.41) is 17.7. The fraction of sp³-hybridized carbons (Fsp3) is 0.300. The van der Waals surface area contributed by atoms with Gasteiger partial charge in [0, 0.05) is 23.7 Å². The third-order valence-electron chi connectivity index (χ3n) is 6.46. The van der Waals surface area contributed by atoms with Crippen molar-refractivity contribution < 1.29 is 9.90 Å². The van der Waals surface area contributed by atoms with Gasteiger partial charge >= 0.3 is 0 Å². The second-order valence-corrected chi connectivity index (χ2v) is 10.3. The molecule has 7 heteroatoms. The number of amides is 1. The zero-order chi connectivity index (χ0) is 26.4. The molecule has 4 aromatic rings. The van der Waals surface area contributed by atoms with Crippen molar-refractivity contribution in [3.63, 3.8) is 0 Å². The van der Waals surface area contributed by atoms with E-state index in [1.165, 1.54) is 5.56 Å². The van der Waals surface area contributed by atoms with Gasteiger partial charge in [0.15, 0.2) is 0 Å². The monoisotopic (exact) mass is 497 g/mol. The molecule has 1 atom stereocenters. The van der Waals surface area contributed by atoms with Crippen LogP contribution in [0.2, 0.25) is 0 Å². The molecule has 0 saturated heterocycles. The molecule has 0 aliphatic rings. The minimum absolute atomic E-state index is 0.0798. The van der Waals surface area contributed by atoms with Crippen molar-refractivity contribution in [1.29, 1.82) is 0 Å². The summed E-state index contributed by atoms with van der Waals surface area (Å²) in [5.74, 6) is -0.194. The highest BCUT2D eigenvalue weighted by atomic mass is 16.3. The highest BCUT2D eigenvalue weighted by Crippen LogP contribution is 2.26. The molecule has 192 valence electrons. The van der Waals surface area contributed by atoms with E-state index in [1.54, 1.807) is 36.7 Å². The minimum atomic E-state index is -0.480. The third-order valence-corrected chi connectivity index (χ3v) is 6.46. The SMILES string of the molecule is CC(C)(C)c1ccc(-n2nc(-c3ccncc3)cc2CCCN[C@@H](Cc2ccc(O)cc2)C(N)=O)cc1. The van der Waals surface area contributed by atoms with E-state index in [1.807, 2.05) is 16.8 Å². The summed E-state index contributed by atoms with van der Waals surface area (Å²) >= 11 is 0. The predicted octanol–water partition coefficient (Wildman–Crippen LogP) is 4.56. The molecule has 2 aromatic carbocycles. The number of aromatic nitrogens is 3. The van der Waals surface area contributed by atoms with Gasteiger partial charge in [-0.2, -0.15) is 5.10 Å². The highest BCUT2D eigenvalue weighted by molar-refractivity contribution is 5.80. The quantitative estimate of drug-likeness (QED) is 0.279. The Morgan fingerprint density at radius 3 is 2.32 bits per heavy atom. The number of rotatable bonds is 10. The van der Waals surface area contributed by atoms with Crippen LogP contribution in [0.5, 0.6) is 5.75 Å². The van der Waals surface area contributed by atoms with Gasteiger partial charge in [0.05, 0.1) is 17.4 Å². The second-order valence-electron chi connectivity index (χ2n) is 10.3. The number of aromatic hydroxyl groups is 1. The molecule has 0 spiro atoms. The molecule has 0 bridgehead atoms. The molecular weight excluding hydrogens is 462 g/mol. The summed E-state index contributed by atoms with van der Waals surface area (Å²) in [4.78, 5) is 16.1. The molecule has 0 saturated carbocycles. The number of hydrogen-bond acceptors (Lipinski definition) is 5. The number of benzene rings is 2. The lowest BCUT2D eigenvalue weighted by molar-refractivity contribution is -0.120. The standard InChI is InChI=1S/C30H35N5O2/c1-30(2,3)23-8-10-24(11-9-23)35-25(20-27(34-35)22-14-17-32-18-15-22)5-4-16-33-28(29(31)37)19-21-6-12-26(36)13-7-21/h6-15,17-18,20,28,33,36H,4-5,16,19H2,1-3H3,(H2,31,37)/t28-/m0/s1. The van der Waals surface area contributed by atoms with Gasteiger partial charge in [-0.25, -0.2) is 4.68 Å².